The first kappa shape index (κ1) is 14.4. The maximum Gasteiger partial charge on any atom is 0.230 e. The van der Waals surface area contributed by atoms with Gasteiger partial charge >= 0.3 is 0 Å². The lowest BCUT2D eigenvalue weighted by Crippen LogP contribution is -2.38. The molecule has 3 rings (SSSR count). The fraction of sp³-hybridized carbons (Fsp3) is 0.467. The molecular weight excluding hydrogens is 291 g/mol. The molecule has 4 nitrogen and oxygen atoms in total. The molecule has 112 valence electrons. The number of carbonyl (C=O) groups excluding carboxylic acids is 2. The van der Waals surface area contributed by atoms with Crippen molar-refractivity contribution in [3.8, 4) is 0 Å². The summed E-state index contributed by atoms with van der Waals surface area (Å²) in [5.74, 6) is 0.0573. The smallest absolute Gasteiger partial charge is 0.230 e. The van der Waals surface area contributed by atoms with Gasteiger partial charge in [0.15, 0.2) is 0 Å². The van der Waals surface area contributed by atoms with Crippen LogP contribution in [0.4, 0.5) is 4.39 Å². The predicted molar refractivity (Wildman–Crippen MR) is 78.4 cm³/mol. The Morgan fingerprint density at radius 2 is 2.05 bits per heavy atom. The average Bonchev–Trinajstić information content (AvgIpc) is 3.23. The summed E-state index contributed by atoms with van der Waals surface area (Å²) >= 11 is 1.36. The number of likely N-dealkylation sites (tertiary alicyclic amines) is 1. The number of nitrogens with zero attached hydrogens (tertiary/aromatic N) is 1. The van der Waals surface area contributed by atoms with Crippen molar-refractivity contribution in [2.75, 3.05) is 12.3 Å². The van der Waals surface area contributed by atoms with Crippen LogP contribution in [-0.4, -0.2) is 41.1 Å². The lowest BCUT2D eigenvalue weighted by Gasteiger charge is -2.16. The molecule has 1 saturated carbocycles. The summed E-state index contributed by atoms with van der Waals surface area (Å²) in [4.78, 5) is 26.4. The van der Waals surface area contributed by atoms with Gasteiger partial charge in [-0.2, -0.15) is 0 Å². The minimum Gasteiger partial charge on any atom is -0.350 e. The maximum atomic E-state index is 12.8. The summed E-state index contributed by atoms with van der Waals surface area (Å²) in [7, 11) is 0. The Kier molecular flexibility index (Phi) is 4.14. The topological polar surface area (TPSA) is 49.4 Å². The summed E-state index contributed by atoms with van der Waals surface area (Å²) in [6, 6.07) is 6.40. The number of benzene rings is 1. The molecular formula is C15H17FN2O2S. The Morgan fingerprint density at radius 3 is 2.71 bits per heavy atom. The van der Waals surface area contributed by atoms with E-state index in [9.17, 15) is 14.0 Å². The molecule has 0 unspecified atom stereocenters. The van der Waals surface area contributed by atoms with E-state index in [0.717, 1.165) is 17.7 Å². The van der Waals surface area contributed by atoms with E-state index >= 15 is 0 Å². The summed E-state index contributed by atoms with van der Waals surface area (Å²) in [5, 5.41) is 2.91. The molecule has 1 aromatic rings. The van der Waals surface area contributed by atoms with Crippen LogP contribution in [-0.2, 0) is 9.59 Å². The zero-order chi connectivity index (χ0) is 14.8. The third-order valence-corrected chi connectivity index (χ3v) is 4.71. The van der Waals surface area contributed by atoms with Crippen molar-refractivity contribution in [2.45, 2.75) is 36.2 Å². The van der Waals surface area contributed by atoms with Gasteiger partial charge in [-0.1, -0.05) is 0 Å². The molecule has 2 aliphatic rings. The highest BCUT2D eigenvalue weighted by molar-refractivity contribution is 8.00. The molecule has 0 spiro atoms. The molecule has 1 N–H and O–H groups in total. The van der Waals surface area contributed by atoms with Gasteiger partial charge in [0.05, 0.1) is 11.8 Å². The van der Waals surface area contributed by atoms with Crippen molar-refractivity contribution >= 4 is 23.6 Å². The molecule has 1 aromatic carbocycles. The molecule has 2 amide bonds. The van der Waals surface area contributed by atoms with E-state index < -0.39 is 0 Å². The van der Waals surface area contributed by atoms with E-state index in [1.54, 1.807) is 12.1 Å². The lowest BCUT2D eigenvalue weighted by molar-refractivity contribution is -0.128. The third-order valence-electron chi connectivity index (χ3n) is 3.69. The minimum absolute atomic E-state index is 0.0700. The zero-order valence-electron chi connectivity index (χ0n) is 11.5. The Morgan fingerprint density at radius 1 is 1.33 bits per heavy atom. The first-order valence-corrected chi connectivity index (χ1v) is 8.07. The molecule has 0 bridgehead atoms. The molecule has 1 aliphatic carbocycles. The number of nitrogens with one attached hydrogen (secondary N) is 1. The van der Waals surface area contributed by atoms with Gasteiger partial charge in [-0.3, -0.25) is 9.59 Å². The van der Waals surface area contributed by atoms with Crippen LogP contribution in [0.2, 0.25) is 0 Å². The average molecular weight is 308 g/mol. The van der Waals surface area contributed by atoms with Crippen LogP contribution in [0, 0.1) is 5.82 Å². The minimum atomic E-state index is -0.284. The van der Waals surface area contributed by atoms with Gasteiger partial charge < -0.3 is 10.2 Å². The molecule has 0 radical (unpaired) electrons. The van der Waals surface area contributed by atoms with Crippen molar-refractivity contribution in [1.82, 2.24) is 10.2 Å². The fourth-order valence-corrected chi connectivity index (χ4v) is 3.23. The third kappa shape index (κ3) is 3.75. The van der Waals surface area contributed by atoms with E-state index in [0.29, 0.717) is 19.0 Å². The normalized spacial score (nSPS) is 21.7. The van der Waals surface area contributed by atoms with Crippen LogP contribution in [0.15, 0.2) is 29.2 Å². The van der Waals surface area contributed by atoms with Gasteiger partial charge in [-0.05, 0) is 37.1 Å². The standard InChI is InChI=1S/C15H17FN2O2S/c16-10-1-5-13(6-2-10)21-9-14(19)17-11-7-15(20)18(8-11)12-3-4-12/h1-2,5-6,11-12H,3-4,7-9H2,(H,17,19)/t11-/m0/s1. The molecule has 2 fully saturated rings. The van der Waals surface area contributed by atoms with Crippen molar-refractivity contribution in [3.05, 3.63) is 30.1 Å². The molecule has 0 aromatic heterocycles. The Bertz CT molecular complexity index is 545. The fourth-order valence-electron chi connectivity index (χ4n) is 2.52. The highest BCUT2D eigenvalue weighted by Gasteiger charge is 2.39. The van der Waals surface area contributed by atoms with E-state index in [1.165, 1.54) is 23.9 Å². The van der Waals surface area contributed by atoms with Crippen LogP contribution in [0.5, 0.6) is 0 Å². The Hall–Kier alpha value is -1.56. The summed E-state index contributed by atoms with van der Waals surface area (Å²) in [5.41, 5.74) is 0. The van der Waals surface area contributed by atoms with Crippen LogP contribution in [0.25, 0.3) is 0 Å². The van der Waals surface area contributed by atoms with Crippen LogP contribution >= 0.6 is 11.8 Å². The molecule has 1 atom stereocenters. The monoisotopic (exact) mass is 308 g/mol. The maximum absolute atomic E-state index is 12.8. The van der Waals surface area contributed by atoms with Gasteiger partial charge in [0, 0.05) is 23.9 Å². The molecule has 1 aliphatic heterocycles. The predicted octanol–water partition coefficient (Wildman–Crippen LogP) is 1.80. The molecule has 6 heteroatoms. The summed E-state index contributed by atoms with van der Waals surface area (Å²) < 4.78 is 12.8. The number of halogens is 1. The van der Waals surface area contributed by atoms with Gasteiger partial charge in [0.1, 0.15) is 5.82 Å². The van der Waals surface area contributed by atoms with E-state index in [2.05, 4.69) is 5.32 Å². The van der Waals surface area contributed by atoms with E-state index in [-0.39, 0.29) is 29.4 Å². The number of hydrogen-bond acceptors (Lipinski definition) is 3. The van der Waals surface area contributed by atoms with E-state index in [4.69, 9.17) is 0 Å². The number of carbonyl (C=O) groups is 2. The van der Waals surface area contributed by atoms with Crippen molar-refractivity contribution in [3.63, 3.8) is 0 Å². The summed E-state index contributed by atoms with van der Waals surface area (Å²) in [6.45, 7) is 0.635. The molecule has 1 saturated heterocycles. The van der Waals surface area contributed by atoms with Crippen molar-refractivity contribution in [2.24, 2.45) is 0 Å². The van der Waals surface area contributed by atoms with Gasteiger partial charge in [0.25, 0.3) is 0 Å². The lowest BCUT2D eigenvalue weighted by atomic mass is 10.2. The molecule has 21 heavy (non-hydrogen) atoms. The zero-order valence-corrected chi connectivity index (χ0v) is 12.4. The second-order valence-electron chi connectivity index (χ2n) is 5.49. The SMILES string of the molecule is O=C(CSc1ccc(F)cc1)N[C@H]1CC(=O)N(C2CC2)C1. The Labute approximate surface area is 127 Å². The quantitative estimate of drug-likeness (QED) is 0.844. The van der Waals surface area contributed by atoms with Gasteiger partial charge in [-0.15, -0.1) is 11.8 Å². The second kappa shape index (κ2) is 6.05. The summed E-state index contributed by atoms with van der Waals surface area (Å²) in [6.07, 6.45) is 2.59. The number of rotatable bonds is 5. The Balaban J connectivity index is 1.44. The van der Waals surface area contributed by atoms with Crippen LogP contribution in [0.3, 0.4) is 0 Å². The largest absolute Gasteiger partial charge is 0.350 e. The number of hydrogen-bond donors (Lipinski definition) is 1. The second-order valence-corrected chi connectivity index (χ2v) is 6.54. The number of thioether (sulfide) groups is 1. The highest BCUT2D eigenvalue weighted by atomic mass is 32.2. The first-order valence-electron chi connectivity index (χ1n) is 7.09. The highest BCUT2D eigenvalue weighted by Crippen LogP contribution is 2.30. The van der Waals surface area contributed by atoms with Crippen LogP contribution < -0.4 is 5.32 Å². The first-order chi connectivity index (χ1) is 10.1. The van der Waals surface area contributed by atoms with Crippen LogP contribution in [0.1, 0.15) is 19.3 Å². The number of amides is 2. The van der Waals surface area contributed by atoms with Crippen molar-refractivity contribution < 1.29 is 14.0 Å². The van der Waals surface area contributed by atoms with Crippen molar-refractivity contribution in [1.29, 1.82) is 0 Å². The molecule has 1 heterocycles. The van der Waals surface area contributed by atoms with E-state index in [1.807, 2.05) is 4.90 Å². The van der Waals surface area contributed by atoms with Gasteiger partial charge in [0.2, 0.25) is 11.8 Å². The van der Waals surface area contributed by atoms with Gasteiger partial charge in [-0.25, -0.2) is 4.39 Å².